The maximum absolute atomic E-state index is 7.36. The van der Waals surface area contributed by atoms with Gasteiger partial charge < -0.3 is 28.9 Å². The summed E-state index contributed by atoms with van der Waals surface area (Å²) in [5, 5.41) is 7.02. The van der Waals surface area contributed by atoms with Gasteiger partial charge in [-0.15, -0.1) is 0 Å². The quantitative estimate of drug-likeness (QED) is 0.130. The van der Waals surface area contributed by atoms with Gasteiger partial charge in [-0.2, -0.15) is 0 Å². The second-order valence-corrected chi connectivity index (χ2v) is 22.2. The van der Waals surface area contributed by atoms with E-state index in [0.29, 0.717) is 0 Å². The summed E-state index contributed by atoms with van der Waals surface area (Å²) >= 11 is 0. The number of nitrogens with zero attached hydrogens (tertiary/aromatic N) is 3. The smallest absolute Gasteiger partial charge is 0.256 e. The molecule has 0 atom stereocenters. The van der Waals surface area contributed by atoms with Crippen LogP contribution in [0.25, 0.3) is 32.3 Å². The highest BCUT2D eigenvalue weighted by molar-refractivity contribution is 7.01. The van der Waals surface area contributed by atoms with Crippen molar-refractivity contribution in [3.8, 4) is 34.5 Å². The van der Waals surface area contributed by atoms with Gasteiger partial charge in [0.1, 0.15) is 34.5 Å². The molecule has 0 fully saturated rings. The molecule has 0 amide bonds. The zero-order valence-corrected chi connectivity index (χ0v) is 43.5. The second-order valence-electron chi connectivity index (χ2n) is 22.2. The van der Waals surface area contributed by atoms with Crippen molar-refractivity contribution in [2.24, 2.45) is 0 Å². The highest BCUT2D eigenvalue weighted by Crippen LogP contribution is 2.49. The number of rotatable bonds is 3. The van der Waals surface area contributed by atoms with Crippen LogP contribution in [-0.4, -0.2) is 20.1 Å². The molecule has 0 bridgehead atoms. The Hall–Kier alpha value is -10.4. The third kappa shape index (κ3) is 5.89. The first-order valence-electron chi connectivity index (χ1n) is 28.0. The molecular weight excluding hydrogens is 987 g/mol. The standard InChI is InChI=1S/C72H42B3N3O3/c1-4-19-43(20-5-1)76-58-28-13-10-25-52(58)73-57-39-48-46-37-55-62(77(44-21-6-2-7-22-44)60-30-17-34-66-71(60)74(55)53-26-11-14-32-64(53)79-66)40-49(46)50-41-63-56(38-47(50)51(48)42-69(57)81-68-36-16-29-59(76)70(68)73)75-54-27-12-15-33-65(54)80-67-35-18-31-61(72(67)75)78(63)45-23-8-3-9-24-45/h1-42H. The molecule has 13 aromatic carbocycles. The van der Waals surface area contributed by atoms with E-state index in [1.54, 1.807) is 0 Å². The lowest BCUT2D eigenvalue weighted by Crippen LogP contribution is -2.59. The van der Waals surface area contributed by atoms with Crippen LogP contribution in [0.1, 0.15) is 0 Å². The lowest BCUT2D eigenvalue weighted by atomic mass is 9.33. The molecule has 6 aliphatic rings. The Kier molecular flexibility index (Phi) is 8.68. The molecule has 9 heteroatoms. The van der Waals surface area contributed by atoms with E-state index >= 15 is 0 Å². The summed E-state index contributed by atoms with van der Waals surface area (Å²) in [7, 11) is 0. The Morgan fingerprint density at radius 1 is 0.210 bits per heavy atom. The predicted molar refractivity (Wildman–Crippen MR) is 337 cm³/mol. The van der Waals surface area contributed by atoms with E-state index in [1.165, 1.54) is 65.4 Å². The highest BCUT2D eigenvalue weighted by Gasteiger charge is 2.46. The minimum absolute atomic E-state index is 0.0897. The number of ether oxygens (including phenoxy) is 3. The molecule has 19 rings (SSSR count). The number of hydrogen-bond acceptors (Lipinski definition) is 6. The Balaban J connectivity index is 0.960. The Labute approximate surface area is 468 Å². The van der Waals surface area contributed by atoms with E-state index in [0.717, 1.165) is 102 Å². The van der Waals surface area contributed by atoms with E-state index in [2.05, 4.69) is 269 Å². The van der Waals surface area contributed by atoms with Gasteiger partial charge in [0.15, 0.2) is 0 Å². The molecule has 0 spiro atoms. The van der Waals surface area contributed by atoms with Crippen molar-refractivity contribution in [1.82, 2.24) is 0 Å². The van der Waals surface area contributed by atoms with Crippen LogP contribution in [0.2, 0.25) is 0 Å². The molecule has 372 valence electrons. The fourth-order valence-electron chi connectivity index (χ4n) is 14.9. The summed E-state index contributed by atoms with van der Waals surface area (Å²) in [6, 6.07) is 93.2. The average Bonchev–Trinajstić information content (AvgIpc) is 3.66. The van der Waals surface area contributed by atoms with Crippen molar-refractivity contribution in [2.45, 2.75) is 0 Å². The normalized spacial score (nSPS) is 14.1. The lowest BCUT2D eigenvalue weighted by Gasteiger charge is -2.41. The third-order valence-corrected chi connectivity index (χ3v) is 18.1. The van der Waals surface area contributed by atoms with Crippen molar-refractivity contribution in [3.05, 3.63) is 255 Å². The minimum atomic E-state index is -0.0918. The second kappa shape index (κ2) is 16.1. The molecule has 0 aromatic heterocycles. The molecule has 13 aromatic rings. The minimum Gasteiger partial charge on any atom is -0.458 e. The van der Waals surface area contributed by atoms with Crippen LogP contribution in [0, 0.1) is 0 Å². The van der Waals surface area contributed by atoms with E-state index in [4.69, 9.17) is 14.2 Å². The van der Waals surface area contributed by atoms with Gasteiger partial charge in [0.25, 0.3) is 20.1 Å². The Bertz CT molecular complexity index is 4920. The van der Waals surface area contributed by atoms with Gasteiger partial charge in [0.2, 0.25) is 0 Å². The van der Waals surface area contributed by atoms with Crippen LogP contribution in [0.5, 0.6) is 34.5 Å². The third-order valence-electron chi connectivity index (χ3n) is 18.1. The van der Waals surface area contributed by atoms with Gasteiger partial charge in [-0.1, -0.05) is 146 Å². The number of anilines is 9. The van der Waals surface area contributed by atoms with Crippen LogP contribution in [0.4, 0.5) is 51.2 Å². The van der Waals surface area contributed by atoms with Crippen LogP contribution in [0.3, 0.4) is 0 Å². The number of fused-ring (bicyclic) bond motifs is 18. The summed E-state index contributed by atoms with van der Waals surface area (Å²) in [5.41, 5.74) is 20.8. The van der Waals surface area contributed by atoms with Gasteiger partial charge in [0.05, 0.1) is 0 Å². The molecule has 0 aliphatic carbocycles. The maximum atomic E-state index is 7.36. The van der Waals surface area contributed by atoms with Crippen LogP contribution in [0.15, 0.2) is 255 Å². The van der Waals surface area contributed by atoms with Crippen molar-refractivity contribution in [1.29, 1.82) is 0 Å². The summed E-state index contributed by atoms with van der Waals surface area (Å²) in [6.07, 6.45) is 0. The van der Waals surface area contributed by atoms with Gasteiger partial charge in [-0.05, 0) is 191 Å². The summed E-state index contributed by atoms with van der Waals surface area (Å²) < 4.78 is 21.0. The topological polar surface area (TPSA) is 37.4 Å². The van der Waals surface area contributed by atoms with Crippen LogP contribution in [-0.2, 0) is 0 Å². The molecule has 0 saturated heterocycles. The first kappa shape index (κ1) is 43.6. The molecular formula is C72H42B3N3O3. The molecule has 0 N–H and O–H groups in total. The predicted octanol–water partition coefficient (Wildman–Crippen LogP) is 12.4. The van der Waals surface area contributed by atoms with E-state index < -0.39 is 0 Å². The largest absolute Gasteiger partial charge is 0.458 e. The number of hydrogen-bond donors (Lipinski definition) is 0. The summed E-state index contributed by atoms with van der Waals surface area (Å²) in [5.74, 6) is 5.31. The zero-order valence-electron chi connectivity index (χ0n) is 43.5. The van der Waals surface area contributed by atoms with Crippen LogP contribution < -0.4 is 78.1 Å². The van der Waals surface area contributed by atoms with Crippen molar-refractivity contribution in [2.75, 3.05) is 14.7 Å². The van der Waals surface area contributed by atoms with E-state index in [-0.39, 0.29) is 20.1 Å². The van der Waals surface area contributed by atoms with Crippen molar-refractivity contribution >= 4 is 153 Å². The number of benzene rings is 13. The van der Waals surface area contributed by atoms with Gasteiger partial charge in [-0.3, -0.25) is 0 Å². The maximum Gasteiger partial charge on any atom is 0.256 e. The average molecular weight is 1030 g/mol. The monoisotopic (exact) mass is 1030 g/mol. The van der Waals surface area contributed by atoms with Gasteiger partial charge in [0, 0.05) is 51.2 Å². The first-order chi connectivity index (χ1) is 40.2. The highest BCUT2D eigenvalue weighted by atomic mass is 16.5. The number of para-hydroxylation sites is 6. The van der Waals surface area contributed by atoms with Crippen molar-refractivity contribution < 1.29 is 14.2 Å². The fraction of sp³-hybridized carbons (Fsp3) is 0. The summed E-state index contributed by atoms with van der Waals surface area (Å²) in [4.78, 5) is 7.34. The summed E-state index contributed by atoms with van der Waals surface area (Å²) in [6.45, 7) is -0.272. The lowest BCUT2D eigenvalue weighted by molar-refractivity contribution is 0.487. The molecule has 0 saturated carbocycles. The van der Waals surface area contributed by atoms with E-state index in [1.807, 2.05) is 0 Å². The fourth-order valence-corrected chi connectivity index (χ4v) is 14.9. The van der Waals surface area contributed by atoms with E-state index in [9.17, 15) is 0 Å². The van der Waals surface area contributed by atoms with Crippen molar-refractivity contribution in [3.63, 3.8) is 0 Å². The molecule has 0 radical (unpaired) electrons. The SMILES string of the molecule is c1ccc(N2c3ccccc3B3c4cc5c(cc4Oc4cccc2c43)c2cc3c(cc2c2cc4c(cc52)B2c5ccccc5Oc5cccc(c52)N4c2ccccc2)N(c2ccccc2)c2cccc4c2B3c2ccccc2O4)cc1. The zero-order chi connectivity index (χ0) is 52.6. The first-order valence-corrected chi connectivity index (χ1v) is 28.0. The van der Waals surface area contributed by atoms with Gasteiger partial charge >= 0.3 is 0 Å². The van der Waals surface area contributed by atoms with Crippen LogP contribution >= 0.6 is 0 Å². The molecule has 0 unspecified atom stereocenters. The molecule has 6 heterocycles. The molecule has 6 nitrogen and oxygen atoms in total. The Morgan fingerprint density at radius 2 is 0.531 bits per heavy atom. The molecule has 6 aliphatic heterocycles. The molecule has 81 heavy (non-hydrogen) atoms. The Morgan fingerprint density at radius 3 is 1.00 bits per heavy atom. The van der Waals surface area contributed by atoms with Gasteiger partial charge in [-0.25, -0.2) is 0 Å².